The van der Waals surface area contributed by atoms with Crippen molar-refractivity contribution < 1.29 is 19.3 Å². The smallest absolute Gasteiger partial charge is 0.126 e. The molecule has 1 aliphatic rings. The van der Waals surface area contributed by atoms with Crippen LogP contribution < -0.4 is 9.47 Å². The van der Waals surface area contributed by atoms with Gasteiger partial charge in [-0.3, -0.25) is 0 Å². The van der Waals surface area contributed by atoms with Gasteiger partial charge in [0.2, 0.25) is 0 Å². The largest absolute Gasteiger partial charge is 0.491 e. The molecule has 0 amide bonds. The molecule has 0 aliphatic carbocycles. The van der Waals surface area contributed by atoms with Crippen LogP contribution in [0.2, 0.25) is 0 Å². The molecule has 0 bridgehead atoms. The highest BCUT2D eigenvalue weighted by Crippen LogP contribution is 2.28. The van der Waals surface area contributed by atoms with Gasteiger partial charge in [-0.25, -0.2) is 0 Å². The zero-order valence-electron chi connectivity index (χ0n) is 18.6. The number of fused-ring (bicyclic) bond motifs is 2. The summed E-state index contributed by atoms with van der Waals surface area (Å²) in [5.74, 6) is 8.12. The summed E-state index contributed by atoms with van der Waals surface area (Å²) in [6.45, 7) is 4.13. The molecule has 2 aromatic rings. The monoisotopic (exact) mass is 422 g/mol. The second kappa shape index (κ2) is 12.4. The fourth-order valence-corrected chi connectivity index (χ4v) is 3.65. The Morgan fingerprint density at radius 3 is 1.94 bits per heavy atom. The predicted molar refractivity (Wildman–Crippen MR) is 124 cm³/mol. The molecule has 0 atom stereocenters. The molecule has 166 valence electrons. The highest BCUT2D eigenvalue weighted by Gasteiger charge is 2.25. The summed E-state index contributed by atoms with van der Waals surface area (Å²) in [7, 11) is 0. The molecule has 0 saturated carbocycles. The first-order chi connectivity index (χ1) is 15.2. The van der Waals surface area contributed by atoms with E-state index in [1.165, 1.54) is 0 Å². The van der Waals surface area contributed by atoms with Crippen molar-refractivity contribution >= 4 is 0 Å². The molecule has 1 heterocycles. The van der Waals surface area contributed by atoms with Gasteiger partial charge in [0, 0.05) is 6.42 Å². The summed E-state index contributed by atoms with van der Waals surface area (Å²) in [6.07, 6.45) is 5.50. The van der Waals surface area contributed by atoms with Crippen molar-refractivity contribution in [3.63, 3.8) is 0 Å². The SMILES string of the molecule is CCCCC#CC1(O)CCc2ccccc2OCCOCCOc2ccccc2CC1. The van der Waals surface area contributed by atoms with Crippen molar-refractivity contribution in [2.24, 2.45) is 0 Å². The Hall–Kier alpha value is -2.48. The number of para-hydroxylation sites is 2. The molecule has 4 heteroatoms. The fraction of sp³-hybridized carbons (Fsp3) is 0.481. The zero-order chi connectivity index (χ0) is 21.8. The molecule has 3 rings (SSSR count). The second-order valence-corrected chi connectivity index (χ2v) is 7.96. The summed E-state index contributed by atoms with van der Waals surface area (Å²) in [4.78, 5) is 0. The summed E-state index contributed by atoms with van der Waals surface area (Å²) >= 11 is 0. The van der Waals surface area contributed by atoms with Crippen LogP contribution >= 0.6 is 0 Å². The van der Waals surface area contributed by atoms with E-state index >= 15 is 0 Å². The van der Waals surface area contributed by atoms with Crippen LogP contribution in [0.3, 0.4) is 0 Å². The molecule has 0 spiro atoms. The number of aliphatic hydroxyl groups is 1. The minimum absolute atomic E-state index is 0.481. The maximum atomic E-state index is 11.5. The summed E-state index contributed by atoms with van der Waals surface area (Å²) in [5, 5.41) is 11.5. The van der Waals surface area contributed by atoms with E-state index in [4.69, 9.17) is 14.2 Å². The van der Waals surface area contributed by atoms with Gasteiger partial charge in [0.1, 0.15) is 30.3 Å². The lowest BCUT2D eigenvalue weighted by molar-refractivity contribution is 0.0726. The Kier molecular flexibility index (Phi) is 9.27. The van der Waals surface area contributed by atoms with E-state index in [1.54, 1.807) is 0 Å². The first-order valence-electron chi connectivity index (χ1n) is 11.4. The minimum atomic E-state index is -1.05. The third-order valence-electron chi connectivity index (χ3n) is 5.51. The number of hydrogen-bond donors (Lipinski definition) is 1. The lowest BCUT2D eigenvalue weighted by Gasteiger charge is -2.24. The predicted octanol–water partition coefficient (Wildman–Crippen LogP) is 4.96. The molecular formula is C27H34O4. The van der Waals surface area contributed by atoms with Crippen molar-refractivity contribution in [1.82, 2.24) is 0 Å². The van der Waals surface area contributed by atoms with Crippen LogP contribution in [0.1, 0.15) is 50.2 Å². The maximum absolute atomic E-state index is 11.5. The van der Waals surface area contributed by atoms with Crippen LogP contribution in [-0.2, 0) is 17.6 Å². The number of unbranched alkanes of at least 4 members (excludes halogenated alkanes) is 2. The summed E-state index contributed by atoms with van der Waals surface area (Å²) in [6, 6.07) is 16.0. The van der Waals surface area contributed by atoms with Gasteiger partial charge >= 0.3 is 0 Å². The molecule has 31 heavy (non-hydrogen) atoms. The summed E-state index contributed by atoms with van der Waals surface area (Å²) in [5.41, 5.74) is 1.13. The average Bonchev–Trinajstić information content (AvgIpc) is 2.79. The van der Waals surface area contributed by atoms with Crippen molar-refractivity contribution in [1.29, 1.82) is 0 Å². The van der Waals surface area contributed by atoms with Crippen LogP contribution in [0.15, 0.2) is 48.5 Å². The van der Waals surface area contributed by atoms with E-state index in [0.717, 1.165) is 41.9 Å². The van der Waals surface area contributed by atoms with Gasteiger partial charge in [-0.2, -0.15) is 0 Å². The van der Waals surface area contributed by atoms with E-state index in [9.17, 15) is 5.11 Å². The van der Waals surface area contributed by atoms with Gasteiger partial charge in [0.25, 0.3) is 0 Å². The van der Waals surface area contributed by atoms with Gasteiger partial charge in [0.05, 0.1) is 13.2 Å². The van der Waals surface area contributed by atoms with E-state index in [0.29, 0.717) is 52.1 Å². The Morgan fingerprint density at radius 1 is 0.839 bits per heavy atom. The molecule has 1 N–H and O–H groups in total. The number of benzene rings is 2. The quantitative estimate of drug-likeness (QED) is 0.549. The van der Waals surface area contributed by atoms with Crippen LogP contribution in [-0.4, -0.2) is 37.1 Å². The molecule has 2 aromatic carbocycles. The van der Waals surface area contributed by atoms with Crippen LogP contribution in [0.4, 0.5) is 0 Å². The maximum Gasteiger partial charge on any atom is 0.126 e. The Morgan fingerprint density at radius 2 is 1.39 bits per heavy atom. The molecule has 0 fully saturated rings. The van der Waals surface area contributed by atoms with Gasteiger partial charge in [-0.05, 0) is 55.4 Å². The second-order valence-electron chi connectivity index (χ2n) is 7.96. The molecule has 0 unspecified atom stereocenters. The number of rotatable bonds is 2. The van der Waals surface area contributed by atoms with Crippen molar-refractivity contribution in [3.05, 3.63) is 59.7 Å². The van der Waals surface area contributed by atoms with Crippen molar-refractivity contribution in [3.8, 4) is 23.3 Å². The van der Waals surface area contributed by atoms with E-state index in [2.05, 4.69) is 30.9 Å². The van der Waals surface area contributed by atoms with Crippen molar-refractivity contribution in [2.75, 3.05) is 26.4 Å². The molecule has 4 nitrogen and oxygen atoms in total. The first kappa shape index (κ1) is 23.2. The van der Waals surface area contributed by atoms with Gasteiger partial charge in [-0.1, -0.05) is 55.7 Å². The average molecular weight is 423 g/mol. The number of aryl methyl sites for hydroxylation is 2. The Balaban J connectivity index is 1.82. The first-order valence-corrected chi connectivity index (χ1v) is 11.4. The molecule has 0 radical (unpaired) electrons. The molecular weight excluding hydrogens is 388 g/mol. The van der Waals surface area contributed by atoms with Crippen LogP contribution in [0.25, 0.3) is 0 Å². The van der Waals surface area contributed by atoms with Gasteiger partial charge < -0.3 is 19.3 Å². The van der Waals surface area contributed by atoms with Crippen LogP contribution in [0.5, 0.6) is 11.5 Å². The third-order valence-corrected chi connectivity index (χ3v) is 5.51. The number of hydrogen-bond acceptors (Lipinski definition) is 4. The topological polar surface area (TPSA) is 47.9 Å². The Labute approximate surface area is 186 Å². The third kappa shape index (κ3) is 7.61. The zero-order valence-corrected chi connectivity index (χ0v) is 18.6. The van der Waals surface area contributed by atoms with Gasteiger partial charge in [-0.15, -0.1) is 5.92 Å². The van der Waals surface area contributed by atoms with Gasteiger partial charge in [0.15, 0.2) is 0 Å². The van der Waals surface area contributed by atoms with E-state index < -0.39 is 5.60 Å². The Bertz CT molecular complexity index is 809. The molecule has 1 aliphatic heterocycles. The summed E-state index contributed by atoms with van der Waals surface area (Å²) < 4.78 is 17.5. The minimum Gasteiger partial charge on any atom is -0.491 e. The number of ether oxygens (including phenoxy) is 3. The highest BCUT2D eigenvalue weighted by atomic mass is 16.5. The molecule has 0 saturated heterocycles. The standard InChI is InChI=1S/C27H34O4/c1-2-3-4-9-16-27(28)17-14-23-10-5-7-12-25(23)30-21-19-29-20-22-31-26-13-8-6-11-24(26)15-18-27/h5-8,10-13,28H,2-4,14-15,17-22H2,1H3. The van der Waals surface area contributed by atoms with Crippen LogP contribution in [0, 0.1) is 11.8 Å². The van der Waals surface area contributed by atoms with E-state index in [-0.39, 0.29) is 0 Å². The molecule has 0 aromatic heterocycles. The normalized spacial score (nSPS) is 17.1. The lowest BCUT2D eigenvalue weighted by atomic mass is 9.88. The van der Waals surface area contributed by atoms with Crippen molar-refractivity contribution in [2.45, 2.75) is 57.5 Å². The lowest BCUT2D eigenvalue weighted by Crippen LogP contribution is -2.28. The highest BCUT2D eigenvalue weighted by molar-refractivity contribution is 5.35. The van der Waals surface area contributed by atoms with E-state index in [1.807, 2.05) is 36.4 Å². The fourth-order valence-electron chi connectivity index (χ4n) is 3.65.